The van der Waals surface area contributed by atoms with Crippen molar-refractivity contribution < 1.29 is 9.31 Å². The second-order valence-electron chi connectivity index (χ2n) is 4.68. The van der Waals surface area contributed by atoms with Gasteiger partial charge in [-0.3, -0.25) is 20.1 Å². The van der Waals surface area contributed by atoms with E-state index in [2.05, 4.69) is 9.97 Å². The standard InChI is InChI=1S/C16H9ClFN3O2/c17-11-3-6-13(14(18)9-11)16-15(19-7-8-20-16)10-1-4-12(5-2-10)21(22)23/h1-9H. The summed E-state index contributed by atoms with van der Waals surface area (Å²) >= 11 is 5.77. The smallest absolute Gasteiger partial charge is 0.258 e. The van der Waals surface area contributed by atoms with Crippen molar-refractivity contribution in [2.45, 2.75) is 0 Å². The van der Waals surface area contributed by atoms with E-state index in [9.17, 15) is 14.5 Å². The van der Waals surface area contributed by atoms with Crippen LogP contribution in [0.4, 0.5) is 10.1 Å². The summed E-state index contributed by atoms with van der Waals surface area (Å²) < 4.78 is 14.2. The molecular formula is C16H9ClFN3O2. The highest BCUT2D eigenvalue weighted by Crippen LogP contribution is 2.31. The Morgan fingerprint density at radius 1 is 1.00 bits per heavy atom. The van der Waals surface area contributed by atoms with E-state index in [4.69, 9.17) is 11.6 Å². The molecule has 1 heterocycles. The van der Waals surface area contributed by atoms with Gasteiger partial charge in [0.25, 0.3) is 5.69 Å². The zero-order valence-corrected chi connectivity index (χ0v) is 12.4. The average Bonchev–Trinajstić information content (AvgIpc) is 2.55. The third-order valence-corrected chi connectivity index (χ3v) is 3.47. The van der Waals surface area contributed by atoms with Crippen LogP contribution in [0.5, 0.6) is 0 Å². The van der Waals surface area contributed by atoms with Crippen LogP contribution in [0.25, 0.3) is 22.5 Å². The van der Waals surface area contributed by atoms with Crippen molar-refractivity contribution in [1.29, 1.82) is 0 Å². The first-order valence-corrected chi connectivity index (χ1v) is 6.95. The highest BCUT2D eigenvalue weighted by molar-refractivity contribution is 6.30. The van der Waals surface area contributed by atoms with E-state index >= 15 is 0 Å². The molecule has 7 heteroatoms. The van der Waals surface area contributed by atoms with Gasteiger partial charge in [-0.2, -0.15) is 0 Å². The predicted octanol–water partition coefficient (Wildman–Crippen LogP) is 4.51. The molecule has 23 heavy (non-hydrogen) atoms. The second-order valence-corrected chi connectivity index (χ2v) is 5.12. The number of nitro groups is 1. The Morgan fingerprint density at radius 3 is 2.26 bits per heavy atom. The van der Waals surface area contributed by atoms with Crippen LogP contribution in [0.3, 0.4) is 0 Å². The van der Waals surface area contributed by atoms with Crippen molar-refractivity contribution in [3.05, 3.63) is 75.8 Å². The van der Waals surface area contributed by atoms with Crippen molar-refractivity contribution >= 4 is 17.3 Å². The molecule has 0 amide bonds. The number of rotatable bonds is 3. The molecule has 0 unspecified atom stereocenters. The molecule has 114 valence electrons. The number of halogens is 2. The van der Waals surface area contributed by atoms with Crippen LogP contribution in [0.1, 0.15) is 0 Å². The van der Waals surface area contributed by atoms with Gasteiger partial charge in [-0.15, -0.1) is 0 Å². The third-order valence-electron chi connectivity index (χ3n) is 3.24. The maximum atomic E-state index is 14.2. The molecule has 0 saturated heterocycles. The van der Waals surface area contributed by atoms with Gasteiger partial charge >= 0.3 is 0 Å². The minimum absolute atomic E-state index is 0.0307. The second kappa shape index (κ2) is 6.10. The van der Waals surface area contributed by atoms with Gasteiger partial charge in [0.15, 0.2) is 0 Å². The maximum Gasteiger partial charge on any atom is 0.269 e. The zero-order chi connectivity index (χ0) is 16.4. The molecule has 3 aromatic rings. The zero-order valence-electron chi connectivity index (χ0n) is 11.6. The molecule has 0 aliphatic rings. The molecule has 0 aliphatic heterocycles. The van der Waals surface area contributed by atoms with Crippen molar-refractivity contribution in [3.8, 4) is 22.5 Å². The lowest BCUT2D eigenvalue weighted by atomic mass is 10.0. The van der Waals surface area contributed by atoms with Crippen LogP contribution >= 0.6 is 11.6 Å². The molecule has 5 nitrogen and oxygen atoms in total. The number of aromatic nitrogens is 2. The minimum atomic E-state index is -0.513. The lowest BCUT2D eigenvalue weighted by Gasteiger charge is -2.09. The van der Waals surface area contributed by atoms with Crippen LogP contribution in [-0.2, 0) is 0 Å². The molecule has 0 atom stereocenters. The van der Waals surface area contributed by atoms with Crippen LogP contribution in [0, 0.1) is 15.9 Å². The van der Waals surface area contributed by atoms with Gasteiger partial charge in [0.05, 0.1) is 16.3 Å². The van der Waals surface area contributed by atoms with Crippen molar-refractivity contribution in [3.63, 3.8) is 0 Å². The normalized spacial score (nSPS) is 10.5. The lowest BCUT2D eigenvalue weighted by molar-refractivity contribution is -0.384. The van der Waals surface area contributed by atoms with Gasteiger partial charge in [-0.05, 0) is 30.3 Å². The predicted molar refractivity (Wildman–Crippen MR) is 84.5 cm³/mol. The topological polar surface area (TPSA) is 68.9 Å². The molecule has 0 N–H and O–H groups in total. The molecule has 0 radical (unpaired) electrons. The highest BCUT2D eigenvalue weighted by atomic mass is 35.5. The Morgan fingerprint density at radius 2 is 1.65 bits per heavy atom. The number of hydrogen-bond acceptors (Lipinski definition) is 4. The first-order chi connectivity index (χ1) is 11.1. The van der Waals surface area contributed by atoms with Crippen LogP contribution in [0.15, 0.2) is 54.9 Å². The van der Waals surface area contributed by atoms with Crippen LogP contribution in [0.2, 0.25) is 5.02 Å². The van der Waals surface area contributed by atoms with E-state index in [0.717, 1.165) is 0 Å². The fraction of sp³-hybridized carbons (Fsp3) is 0. The van der Waals surface area contributed by atoms with Gasteiger partial charge in [0.1, 0.15) is 5.82 Å². The van der Waals surface area contributed by atoms with Gasteiger partial charge < -0.3 is 0 Å². The molecule has 0 bridgehead atoms. The summed E-state index contributed by atoms with van der Waals surface area (Å²) in [5, 5.41) is 11.0. The molecule has 0 fully saturated rings. The Labute approximate surface area is 135 Å². The molecule has 0 aliphatic carbocycles. The highest BCUT2D eigenvalue weighted by Gasteiger charge is 2.15. The lowest BCUT2D eigenvalue weighted by Crippen LogP contribution is -1.95. The van der Waals surface area contributed by atoms with E-state index in [1.807, 2.05) is 0 Å². The Bertz CT molecular complexity index is 885. The van der Waals surface area contributed by atoms with Crippen LogP contribution in [-0.4, -0.2) is 14.9 Å². The molecule has 0 saturated carbocycles. The third kappa shape index (κ3) is 3.02. The van der Waals surface area contributed by atoms with E-state index in [1.54, 1.807) is 18.2 Å². The number of nitrogens with zero attached hydrogens (tertiary/aromatic N) is 3. The number of benzene rings is 2. The molecular weight excluding hydrogens is 321 g/mol. The SMILES string of the molecule is O=[N+]([O-])c1ccc(-c2nccnc2-c2ccc(Cl)cc2F)cc1. The Kier molecular flexibility index (Phi) is 3.99. The Balaban J connectivity index is 2.12. The number of nitro benzene ring substituents is 1. The van der Waals surface area contributed by atoms with E-state index in [1.165, 1.54) is 36.7 Å². The number of non-ortho nitro benzene ring substituents is 1. The summed E-state index contributed by atoms with van der Waals surface area (Å²) in [6, 6.07) is 10.1. The van der Waals surface area contributed by atoms with Gasteiger partial charge in [0, 0.05) is 40.7 Å². The molecule has 0 spiro atoms. The largest absolute Gasteiger partial charge is 0.269 e. The Hall–Kier alpha value is -2.86. The molecule has 1 aromatic heterocycles. The average molecular weight is 330 g/mol. The molecule has 2 aromatic carbocycles. The van der Waals surface area contributed by atoms with Gasteiger partial charge in [-0.1, -0.05) is 11.6 Å². The summed E-state index contributed by atoms with van der Waals surface area (Å²) in [4.78, 5) is 18.7. The first kappa shape index (κ1) is 15.1. The first-order valence-electron chi connectivity index (χ1n) is 6.57. The van der Waals surface area contributed by atoms with E-state index in [-0.39, 0.29) is 16.3 Å². The van der Waals surface area contributed by atoms with Crippen molar-refractivity contribution in [2.75, 3.05) is 0 Å². The van der Waals surface area contributed by atoms with Crippen molar-refractivity contribution in [1.82, 2.24) is 9.97 Å². The summed E-state index contributed by atoms with van der Waals surface area (Å²) in [5.74, 6) is -0.513. The summed E-state index contributed by atoms with van der Waals surface area (Å²) in [6.07, 6.45) is 2.94. The summed E-state index contributed by atoms with van der Waals surface area (Å²) in [6.45, 7) is 0. The summed E-state index contributed by atoms with van der Waals surface area (Å²) in [7, 11) is 0. The monoisotopic (exact) mass is 329 g/mol. The quantitative estimate of drug-likeness (QED) is 0.523. The van der Waals surface area contributed by atoms with E-state index < -0.39 is 10.7 Å². The fourth-order valence-electron chi connectivity index (χ4n) is 2.17. The fourth-order valence-corrected chi connectivity index (χ4v) is 2.33. The van der Waals surface area contributed by atoms with Crippen LogP contribution < -0.4 is 0 Å². The van der Waals surface area contributed by atoms with Gasteiger partial charge in [0.2, 0.25) is 0 Å². The molecule has 3 rings (SSSR count). The minimum Gasteiger partial charge on any atom is -0.258 e. The van der Waals surface area contributed by atoms with E-state index in [0.29, 0.717) is 17.0 Å². The number of hydrogen-bond donors (Lipinski definition) is 0. The van der Waals surface area contributed by atoms with Gasteiger partial charge in [-0.25, -0.2) is 4.39 Å². The summed E-state index contributed by atoms with van der Waals surface area (Å²) in [5.41, 5.74) is 1.61. The van der Waals surface area contributed by atoms with Crippen molar-refractivity contribution in [2.24, 2.45) is 0 Å². The maximum absolute atomic E-state index is 14.2.